The predicted octanol–water partition coefficient (Wildman–Crippen LogP) is -0.00940. The molecule has 0 atom stereocenters. The van der Waals surface area contributed by atoms with E-state index in [0.29, 0.717) is 18.9 Å². The molecule has 16 heavy (non-hydrogen) atoms. The van der Waals surface area contributed by atoms with Crippen LogP contribution in [0.15, 0.2) is 6.07 Å². The van der Waals surface area contributed by atoms with Crippen LogP contribution >= 0.6 is 11.6 Å². The SMILES string of the molecule is CN1CCN(c2cc(Cl)nc(N)n2)CC1=O. The van der Waals surface area contributed by atoms with Gasteiger partial charge in [-0.25, -0.2) is 4.98 Å². The third-order valence-electron chi connectivity index (χ3n) is 2.48. The Bertz CT molecular complexity index is 404. The van der Waals surface area contributed by atoms with Gasteiger partial charge in [0.05, 0.1) is 6.54 Å². The van der Waals surface area contributed by atoms with Gasteiger partial charge in [0.25, 0.3) is 0 Å². The molecule has 6 nitrogen and oxygen atoms in total. The summed E-state index contributed by atoms with van der Waals surface area (Å²) in [4.78, 5) is 22.9. The molecule has 86 valence electrons. The molecule has 1 saturated heterocycles. The molecular formula is C9H12ClN5O. The van der Waals surface area contributed by atoms with E-state index in [0.717, 1.165) is 6.54 Å². The zero-order valence-corrected chi connectivity index (χ0v) is 9.61. The first kappa shape index (κ1) is 10.9. The van der Waals surface area contributed by atoms with Gasteiger partial charge in [-0.15, -0.1) is 0 Å². The molecule has 1 aliphatic heterocycles. The van der Waals surface area contributed by atoms with Gasteiger partial charge < -0.3 is 15.5 Å². The lowest BCUT2D eigenvalue weighted by Crippen LogP contribution is -2.48. The Kier molecular flexibility index (Phi) is 2.82. The van der Waals surface area contributed by atoms with E-state index in [-0.39, 0.29) is 17.0 Å². The number of aromatic nitrogens is 2. The fourth-order valence-electron chi connectivity index (χ4n) is 1.54. The number of likely N-dealkylation sites (N-methyl/N-ethyl adjacent to an activating group) is 1. The molecule has 0 aromatic carbocycles. The van der Waals surface area contributed by atoms with Gasteiger partial charge in [-0.2, -0.15) is 4.98 Å². The van der Waals surface area contributed by atoms with E-state index in [2.05, 4.69) is 9.97 Å². The average Bonchev–Trinajstić information content (AvgIpc) is 2.20. The van der Waals surface area contributed by atoms with Crippen molar-refractivity contribution in [3.05, 3.63) is 11.2 Å². The molecular weight excluding hydrogens is 230 g/mol. The Morgan fingerprint density at radius 2 is 2.19 bits per heavy atom. The van der Waals surface area contributed by atoms with Crippen molar-refractivity contribution in [2.75, 3.05) is 37.3 Å². The van der Waals surface area contributed by atoms with Crippen LogP contribution in [0.1, 0.15) is 0 Å². The highest BCUT2D eigenvalue weighted by Crippen LogP contribution is 2.18. The molecule has 7 heteroatoms. The molecule has 1 aromatic rings. The lowest BCUT2D eigenvalue weighted by molar-refractivity contribution is -0.129. The van der Waals surface area contributed by atoms with Crippen molar-refractivity contribution in [2.24, 2.45) is 0 Å². The maximum Gasteiger partial charge on any atom is 0.241 e. The van der Waals surface area contributed by atoms with Gasteiger partial charge in [0.15, 0.2) is 0 Å². The number of piperazine rings is 1. The number of carbonyl (C=O) groups is 1. The molecule has 0 aliphatic carbocycles. The monoisotopic (exact) mass is 241 g/mol. The molecule has 0 bridgehead atoms. The number of amides is 1. The van der Waals surface area contributed by atoms with Crippen molar-refractivity contribution in [1.29, 1.82) is 0 Å². The second-order valence-corrected chi connectivity index (χ2v) is 4.03. The number of halogens is 1. The summed E-state index contributed by atoms with van der Waals surface area (Å²) >= 11 is 5.78. The highest BCUT2D eigenvalue weighted by atomic mass is 35.5. The fraction of sp³-hybridized carbons (Fsp3) is 0.444. The first-order valence-electron chi connectivity index (χ1n) is 4.85. The number of hydrogen-bond donors (Lipinski definition) is 1. The number of nitrogen functional groups attached to an aromatic ring is 1. The van der Waals surface area contributed by atoms with Crippen LogP contribution in [0.4, 0.5) is 11.8 Å². The van der Waals surface area contributed by atoms with E-state index >= 15 is 0 Å². The van der Waals surface area contributed by atoms with Gasteiger partial charge in [-0.05, 0) is 0 Å². The van der Waals surface area contributed by atoms with Crippen molar-refractivity contribution in [1.82, 2.24) is 14.9 Å². The van der Waals surface area contributed by atoms with E-state index in [4.69, 9.17) is 17.3 Å². The summed E-state index contributed by atoms with van der Waals surface area (Å²) in [5.74, 6) is 0.771. The lowest BCUT2D eigenvalue weighted by atomic mass is 10.3. The zero-order chi connectivity index (χ0) is 11.7. The van der Waals surface area contributed by atoms with Crippen LogP contribution in [-0.4, -0.2) is 47.5 Å². The van der Waals surface area contributed by atoms with Crippen LogP contribution < -0.4 is 10.6 Å². The van der Waals surface area contributed by atoms with Crippen molar-refractivity contribution < 1.29 is 4.79 Å². The Morgan fingerprint density at radius 3 is 2.81 bits per heavy atom. The second-order valence-electron chi connectivity index (χ2n) is 3.64. The van der Waals surface area contributed by atoms with Crippen molar-refractivity contribution in [3.63, 3.8) is 0 Å². The normalized spacial score (nSPS) is 16.8. The number of nitrogens with two attached hydrogens (primary N) is 1. The third-order valence-corrected chi connectivity index (χ3v) is 2.67. The van der Waals surface area contributed by atoms with E-state index in [1.165, 1.54) is 0 Å². The van der Waals surface area contributed by atoms with Crippen LogP contribution in [0, 0.1) is 0 Å². The molecule has 1 aromatic heterocycles. The van der Waals surface area contributed by atoms with Gasteiger partial charge in [0.2, 0.25) is 11.9 Å². The van der Waals surface area contributed by atoms with Gasteiger partial charge >= 0.3 is 0 Å². The summed E-state index contributed by atoms with van der Waals surface area (Å²) in [5, 5.41) is 0.286. The molecule has 1 aliphatic rings. The first-order valence-corrected chi connectivity index (χ1v) is 5.23. The smallest absolute Gasteiger partial charge is 0.241 e. The van der Waals surface area contributed by atoms with Crippen LogP contribution in [0.3, 0.4) is 0 Å². The van der Waals surface area contributed by atoms with Gasteiger partial charge in [0, 0.05) is 26.2 Å². The standard InChI is InChI=1S/C9H12ClN5O/c1-14-2-3-15(5-8(14)16)7-4-6(10)12-9(11)13-7/h4H,2-3,5H2,1H3,(H2,11,12,13). The van der Waals surface area contributed by atoms with Crippen molar-refractivity contribution in [2.45, 2.75) is 0 Å². The van der Waals surface area contributed by atoms with Crippen LogP contribution in [-0.2, 0) is 4.79 Å². The summed E-state index contributed by atoms with van der Waals surface area (Å²) in [5.41, 5.74) is 5.50. The van der Waals surface area contributed by atoms with Crippen LogP contribution in [0.25, 0.3) is 0 Å². The number of rotatable bonds is 1. The predicted molar refractivity (Wildman–Crippen MR) is 61.3 cm³/mol. The first-order chi connectivity index (χ1) is 7.56. The lowest BCUT2D eigenvalue weighted by Gasteiger charge is -2.32. The fourth-order valence-corrected chi connectivity index (χ4v) is 1.72. The van der Waals surface area contributed by atoms with Crippen molar-refractivity contribution >= 4 is 29.3 Å². The summed E-state index contributed by atoms with van der Waals surface area (Å²) < 4.78 is 0. The Morgan fingerprint density at radius 1 is 1.44 bits per heavy atom. The maximum absolute atomic E-state index is 11.5. The maximum atomic E-state index is 11.5. The van der Waals surface area contributed by atoms with E-state index in [9.17, 15) is 4.79 Å². The van der Waals surface area contributed by atoms with E-state index < -0.39 is 0 Å². The summed E-state index contributed by atoms with van der Waals surface area (Å²) in [6.45, 7) is 1.68. The number of carbonyl (C=O) groups excluding carboxylic acids is 1. The highest BCUT2D eigenvalue weighted by Gasteiger charge is 2.22. The minimum Gasteiger partial charge on any atom is -0.368 e. The molecule has 0 saturated carbocycles. The van der Waals surface area contributed by atoms with Gasteiger partial charge in [-0.3, -0.25) is 4.79 Å². The van der Waals surface area contributed by atoms with E-state index in [1.807, 2.05) is 4.90 Å². The van der Waals surface area contributed by atoms with Crippen LogP contribution in [0.5, 0.6) is 0 Å². The third kappa shape index (κ3) is 2.16. The van der Waals surface area contributed by atoms with Gasteiger partial charge in [-0.1, -0.05) is 11.6 Å². The minimum atomic E-state index is 0.0551. The summed E-state index contributed by atoms with van der Waals surface area (Å²) in [6.07, 6.45) is 0. The average molecular weight is 242 g/mol. The molecule has 0 spiro atoms. The van der Waals surface area contributed by atoms with Crippen LogP contribution in [0.2, 0.25) is 5.15 Å². The highest BCUT2D eigenvalue weighted by molar-refractivity contribution is 6.29. The quantitative estimate of drug-likeness (QED) is 0.700. The zero-order valence-electron chi connectivity index (χ0n) is 8.85. The minimum absolute atomic E-state index is 0.0551. The number of hydrogen-bond acceptors (Lipinski definition) is 5. The largest absolute Gasteiger partial charge is 0.368 e. The molecule has 0 radical (unpaired) electrons. The molecule has 2 N–H and O–H groups in total. The Balaban J connectivity index is 2.21. The Labute approximate surface area is 98.0 Å². The summed E-state index contributed by atoms with van der Waals surface area (Å²) in [7, 11) is 1.78. The van der Waals surface area contributed by atoms with Gasteiger partial charge in [0.1, 0.15) is 11.0 Å². The molecule has 2 rings (SSSR count). The number of nitrogens with zero attached hydrogens (tertiary/aromatic N) is 4. The van der Waals surface area contributed by atoms with Crippen molar-refractivity contribution in [3.8, 4) is 0 Å². The Hall–Kier alpha value is -1.56. The molecule has 1 fully saturated rings. The second kappa shape index (κ2) is 4.13. The van der Waals surface area contributed by atoms with E-state index in [1.54, 1.807) is 18.0 Å². The molecule has 2 heterocycles. The molecule has 0 unspecified atom stereocenters. The topological polar surface area (TPSA) is 75.3 Å². The summed E-state index contributed by atoms with van der Waals surface area (Å²) in [6, 6.07) is 1.61. The molecule has 1 amide bonds. The number of anilines is 2.